The Balaban J connectivity index is 1.12. The van der Waals surface area contributed by atoms with E-state index in [1.807, 2.05) is 58.0 Å². The van der Waals surface area contributed by atoms with Crippen LogP contribution in [0.2, 0.25) is 0 Å². The number of anilines is 3. The zero-order chi connectivity index (χ0) is 38.6. The summed E-state index contributed by atoms with van der Waals surface area (Å²) >= 11 is 0. The van der Waals surface area contributed by atoms with Crippen molar-refractivity contribution in [2.24, 2.45) is 11.8 Å². The smallest absolute Gasteiger partial charge is 0.407 e. The van der Waals surface area contributed by atoms with Crippen LogP contribution in [0.25, 0.3) is 11.1 Å². The van der Waals surface area contributed by atoms with Crippen LogP contribution < -0.4 is 26.6 Å². The Labute approximate surface area is 317 Å². The molecule has 2 unspecified atom stereocenters. The van der Waals surface area contributed by atoms with Crippen LogP contribution in [0.15, 0.2) is 65.6 Å². The number of benzene rings is 3. The summed E-state index contributed by atoms with van der Waals surface area (Å²) in [6, 6.07) is 17.3. The molecule has 6 N–H and O–H groups in total. The molecule has 290 valence electrons. The summed E-state index contributed by atoms with van der Waals surface area (Å²) < 4.78 is 33.1. The van der Waals surface area contributed by atoms with Gasteiger partial charge in [0.15, 0.2) is 0 Å². The van der Waals surface area contributed by atoms with Crippen LogP contribution >= 0.6 is 0 Å². The Morgan fingerprint density at radius 1 is 0.926 bits per heavy atom. The van der Waals surface area contributed by atoms with Crippen LogP contribution in [0.1, 0.15) is 70.4 Å². The van der Waals surface area contributed by atoms with Gasteiger partial charge >= 0.3 is 6.09 Å². The van der Waals surface area contributed by atoms with Crippen molar-refractivity contribution in [2.45, 2.75) is 95.5 Å². The summed E-state index contributed by atoms with van der Waals surface area (Å²) in [6.07, 6.45) is 3.42. The van der Waals surface area contributed by atoms with Crippen molar-refractivity contribution in [3.63, 3.8) is 0 Å². The second-order valence-corrected chi connectivity index (χ2v) is 17.5. The molecule has 0 radical (unpaired) electrons. The van der Waals surface area contributed by atoms with E-state index in [4.69, 9.17) is 4.74 Å². The lowest BCUT2D eigenvalue weighted by Crippen LogP contribution is -2.48. The predicted octanol–water partition coefficient (Wildman–Crippen LogP) is 5.56. The van der Waals surface area contributed by atoms with E-state index in [0.717, 1.165) is 47.9 Å². The molecule has 1 aliphatic carbocycles. The van der Waals surface area contributed by atoms with E-state index in [0.29, 0.717) is 54.4 Å². The fraction of sp³-hybridized carbons (Fsp3) is 0.475. The van der Waals surface area contributed by atoms with E-state index in [-0.39, 0.29) is 30.1 Å². The van der Waals surface area contributed by atoms with Gasteiger partial charge in [-0.1, -0.05) is 30.3 Å². The first-order valence-corrected chi connectivity index (χ1v) is 20.2. The molecule has 14 heteroatoms. The van der Waals surface area contributed by atoms with Crippen molar-refractivity contribution in [3.8, 4) is 11.1 Å². The molecule has 3 aromatic carbocycles. The number of carbonyl (C=O) groups excluding carboxylic acids is 3. The van der Waals surface area contributed by atoms with Crippen molar-refractivity contribution in [1.29, 1.82) is 0 Å². The normalized spacial score (nSPS) is 20.6. The van der Waals surface area contributed by atoms with Gasteiger partial charge in [-0.3, -0.25) is 9.59 Å². The van der Waals surface area contributed by atoms with E-state index in [2.05, 4.69) is 26.6 Å². The maximum atomic E-state index is 13.8. The van der Waals surface area contributed by atoms with Gasteiger partial charge in [0.2, 0.25) is 28.2 Å². The second-order valence-electron chi connectivity index (χ2n) is 15.6. The highest BCUT2D eigenvalue weighted by molar-refractivity contribution is 7.89. The first-order valence-electron chi connectivity index (χ1n) is 18.8. The number of aliphatic hydroxyl groups excluding tert-OH is 1. The van der Waals surface area contributed by atoms with Crippen LogP contribution in [-0.4, -0.2) is 73.4 Å². The second kappa shape index (κ2) is 16.4. The first-order chi connectivity index (χ1) is 25.6. The van der Waals surface area contributed by atoms with Crippen molar-refractivity contribution < 1.29 is 32.6 Å². The maximum absolute atomic E-state index is 13.8. The SMILES string of the molecule is Cc1cc(S(=O)(=O)N2CCCC2)ccc1-c1ccc(CC(NC(=O)C2CCC(CNC(=O)OC(C)(C)C)CC2)C(=O)Nc2ccc3c(c2)NC(O)N3)cc1. The van der Waals surface area contributed by atoms with Crippen molar-refractivity contribution in [1.82, 2.24) is 14.9 Å². The summed E-state index contributed by atoms with van der Waals surface area (Å²) in [7, 11) is -3.53. The average molecular weight is 761 g/mol. The monoisotopic (exact) mass is 760 g/mol. The minimum absolute atomic E-state index is 0.187. The Hall–Kier alpha value is -4.66. The number of sulfonamides is 1. The van der Waals surface area contributed by atoms with Crippen molar-refractivity contribution >= 4 is 45.0 Å². The lowest BCUT2D eigenvalue weighted by Gasteiger charge is -2.29. The average Bonchev–Trinajstić information content (AvgIpc) is 3.80. The number of fused-ring (bicyclic) bond motifs is 1. The molecule has 0 spiro atoms. The molecule has 2 aliphatic heterocycles. The van der Waals surface area contributed by atoms with Crippen molar-refractivity contribution in [3.05, 3.63) is 71.8 Å². The first kappa shape index (κ1) is 39.0. The zero-order valence-corrected chi connectivity index (χ0v) is 32.2. The molecule has 1 saturated carbocycles. The summed E-state index contributed by atoms with van der Waals surface area (Å²) in [4.78, 5) is 39.9. The Kier molecular flexibility index (Phi) is 11.8. The fourth-order valence-electron chi connectivity index (χ4n) is 7.35. The number of nitrogens with one attached hydrogen (secondary N) is 5. The number of aliphatic hydroxyl groups is 1. The molecule has 0 bridgehead atoms. The van der Waals surface area contributed by atoms with Gasteiger partial charge in [0.05, 0.1) is 16.3 Å². The Bertz CT molecular complexity index is 1950. The number of alkyl carbamates (subject to hydrolysis) is 1. The van der Waals surface area contributed by atoms with Crippen LogP contribution in [0, 0.1) is 18.8 Å². The highest BCUT2D eigenvalue weighted by Crippen LogP contribution is 2.32. The quantitative estimate of drug-likeness (QED) is 0.146. The molecule has 3 amide bonds. The lowest BCUT2D eigenvalue weighted by molar-refractivity contribution is -0.130. The number of ether oxygens (including phenoxy) is 1. The van der Waals surface area contributed by atoms with E-state index in [1.54, 1.807) is 34.6 Å². The molecule has 13 nitrogen and oxygen atoms in total. The number of amides is 3. The van der Waals surface area contributed by atoms with Crippen LogP contribution in [0.3, 0.4) is 0 Å². The minimum atomic E-state index is -3.53. The van der Waals surface area contributed by atoms with E-state index >= 15 is 0 Å². The van der Waals surface area contributed by atoms with Gasteiger partial charge < -0.3 is 36.4 Å². The number of hydrogen-bond acceptors (Lipinski definition) is 9. The Morgan fingerprint density at radius 3 is 2.28 bits per heavy atom. The largest absolute Gasteiger partial charge is 0.444 e. The predicted molar refractivity (Wildman–Crippen MR) is 208 cm³/mol. The molecule has 6 rings (SSSR count). The lowest BCUT2D eigenvalue weighted by atomic mass is 9.81. The summed E-state index contributed by atoms with van der Waals surface area (Å²) in [5, 5.41) is 24.5. The van der Waals surface area contributed by atoms with Gasteiger partial charge in [-0.2, -0.15) is 4.31 Å². The molecular formula is C40H52N6O7S. The summed E-state index contributed by atoms with van der Waals surface area (Å²) in [6.45, 7) is 8.93. The van der Waals surface area contributed by atoms with Gasteiger partial charge in [0.25, 0.3) is 0 Å². The molecule has 0 aromatic heterocycles. The number of rotatable bonds is 11. The van der Waals surface area contributed by atoms with Gasteiger partial charge in [-0.25, -0.2) is 13.2 Å². The van der Waals surface area contributed by atoms with Gasteiger partial charge in [0.1, 0.15) is 11.6 Å². The fourth-order valence-corrected chi connectivity index (χ4v) is 8.95. The molecule has 3 aliphatic rings. The van der Waals surface area contributed by atoms with Gasteiger partial charge in [-0.15, -0.1) is 0 Å². The van der Waals surface area contributed by atoms with E-state index in [9.17, 15) is 27.9 Å². The molecule has 1 saturated heterocycles. The summed E-state index contributed by atoms with van der Waals surface area (Å²) in [5.41, 5.74) is 4.79. The van der Waals surface area contributed by atoms with Gasteiger partial charge in [-0.05, 0) is 125 Å². The molecule has 2 atom stereocenters. The maximum Gasteiger partial charge on any atom is 0.407 e. The van der Waals surface area contributed by atoms with Gasteiger partial charge in [0, 0.05) is 37.7 Å². The van der Waals surface area contributed by atoms with Crippen LogP contribution in [-0.2, 0) is 30.8 Å². The zero-order valence-electron chi connectivity index (χ0n) is 31.4. The number of aryl methyl sites for hydroxylation is 1. The molecule has 2 fully saturated rings. The standard InChI is InChI=1S/C40H52N6O7S/c1-25-21-31(54(51,52)46-19-5-6-20-46)16-17-32(25)28-11-7-26(8-12-28)22-35(37(48)42-30-15-18-33-34(23-30)45-38(49)44-33)43-36(47)29-13-9-27(10-14-29)24-41-39(50)53-40(2,3)4/h7-8,11-12,15-18,21,23,27,29,35,38,44-45,49H,5-6,9-10,13-14,19-20,22,24H2,1-4H3,(H,41,50)(H,42,48)(H,43,47). The van der Waals surface area contributed by atoms with E-state index < -0.39 is 34.1 Å². The van der Waals surface area contributed by atoms with E-state index in [1.165, 1.54) is 0 Å². The van der Waals surface area contributed by atoms with Crippen molar-refractivity contribution in [2.75, 3.05) is 35.6 Å². The number of carbonyl (C=O) groups is 3. The number of nitrogens with zero attached hydrogens (tertiary/aromatic N) is 1. The van der Waals surface area contributed by atoms with Crippen LogP contribution in [0.4, 0.5) is 21.9 Å². The Morgan fingerprint density at radius 2 is 1.61 bits per heavy atom. The molecule has 54 heavy (non-hydrogen) atoms. The van der Waals surface area contributed by atoms with Crippen LogP contribution in [0.5, 0.6) is 0 Å². The highest BCUT2D eigenvalue weighted by atomic mass is 32.2. The minimum Gasteiger partial charge on any atom is -0.444 e. The third-order valence-electron chi connectivity index (χ3n) is 10.3. The molecule has 3 aromatic rings. The topological polar surface area (TPSA) is 178 Å². The molecular weight excluding hydrogens is 709 g/mol. The number of hydrogen-bond donors (Lipinski definition) is 6. The third-order valence-corrected chi connectivity index (χ3v) is 12.2. The molecule has 2 heterocycles. The summed E-state index contributed by atoms with van der Waals surface area (Å²) in [5.74, 6) is -0.597. The third kappa shape index (κ3) is 9.71. The highest BCUT2D eigenvalue weighted by Gasteiger charge is 2.31.